The number of alkyl halides is 3. The maximum absolute atomic E-state index is 14.8. The van der Waals surface area contributed by atoms with Crippen LogP contribution in [-0.2, 0) is 16.1 Å². The van der Waals surface area contributed by atoms with Crippen LogP contribution in [0.5, 0.6) is 11.5 Å². The topological polar surface area (TPSA) is 84.9 Å². The molecular weight excluding hydrogens is 559 g/mol. The van der Waals surface area contributed by atoms with Crippen molar-refractivity contribution in [1.82, 2.24) is 5.32 Å². The van der Waals surface area contributed by atoms with Gasteiger partial charge < -0.3 is 14.6 Å². The van der Waals surface area contributed by atoms with Gasteiger partial charge in [-0.25, -0.2) is 9.59 Å². The zero-order valence-electron chi connectivity index (χ0n) is 23.3. The number of carbonyl (C=O) groups excluding carboxylic acids is 2. The Hall–Kier alpha value is -5.05. The number of rotatable bonds is 7. The van der Waals surface area contributed by atoms with E-state index in [1.807, 2.05) is 12.1 Å². The van der Waals surface area contributed by atoms with E-state index < -0.39 is 29.7 Å². The van der Waals surface area contributed by atoms with Crippen LogP contribution in [0.25, 0.3) is 32.7 Å². The molecule has 2 N–H and O–H groups in total. The number of fused-ring (bicyclic) bond motifs is 2. The van der Waals surface area contributed by atoms with E-state index in [4.69, 9.17) is 9.47 Å². The predicted molar refractivity (Wildman–Crippen MR) is 158 cm³/mol. The van der Waals surface area contributed by atoms with Crippen LogP contribution in [0.3, 0.4) is 0 Å². The Morgan fingerprint density at radius 2 is 1.33 bits per heavy atom. The summed E-state index contributed by atoms with van der Waals surface area (Å²) in [5.41, 5.74) is -2.38. The van der Waals surface area contributed by atoms with Gasteiger partial charge >= 0.3 is 18.2 Å². The Balaban J connectivity index is 1.60. The second-order valence-corrected chi connectivity index (χ2v) is 10.4. The quantitative estimate of drug-likeness (QED) is 0.148. The van der Waals surface area contributed by atoms with Gasteiger partial charge in [-0.3, -0.25) is 5.32 Å². The number of carbonyl (C=O) groups is 2. The normalized spacial score (nSPS) is 13.1. The van der Waals surface area contributed by atoms with E-state index in [0.29, 0.717) is 21.7 Å². The molecule has 0 aromatic heterocycles. The first-order valence-corrected chi connectivity index (χ1v) is 13.5. The first kappa shape index (κ1) is 29.4. The SMILES string of the molecule is CC(C)[C@@](NC(=O)OCc1ccccc1)(C(=O)Oc1ccc2ccccc2c1-c1c(O)ccc2ccccc12)C(F)(F)F. The molecule has 0 spiro atoms. The fraction of sp³-hybridized carbons (Fsp3) is 0.176. The van der Waals surface area contributed by atoms with Crippen molar-refractivity contribution in [1.29, 1.82) is 0 Å². The standard InChI is InChI=1S/C34H28F3NO5/c1-21(2)33(34(35,36)37,38-32(41)42-20-22-10-4-3-5-11-22)31(40)43-28-19-17-24-13-7-9-15-26(24)30(28)29-25-14-8-6-12-23(25)16-18-27(29)39/h3-19,21,39H,20H2,1-2H3,(H,38,41)/t33-/m1/s1. The van der Waals surface area contributed by atoms with Crippen LogP contribution in [0.2, 0.25) is 0 Å². The number of nitrogens with one attached hydrogen (secondary N) is 1. The van der Waals surface area contributed by atoms with Crippen LogP contribution in [-0.4, -0.2) is 28.9 Å². The van der Waals surface area contributed by atoms with E-state index in [1.54, 1.807) is 84.2 Å². The lowest BCUT2D eigenvalue weighted by molar-refractivity contribution is -0.216. The number of benzene rings is 5. The molecule has 5 aromatic carbocycles. The van der Waals surface area contributed by atoms with Crippen molar-refractivity contribution in [3.8, 4) is 22.6 Å². The highest BCUT2D eigenvalue weighted by atomic mass is 19.4. The number of hydrogen-bond acceptors (Lipinski definition) is 5. The summed E-state index contributed by atoms with van der Waals surface area (Å²) < 4.78 is 55.2. The lowest BCUT2D eigenvalue weighted by atomic mass is 9.85. The number of phenols is 1. The molecule has 220 valence electrons. The summed E-state index contributed by atoms with van der Waals surface area (Å²) in [5, 5.41) is 15.4. The van der Waals surface area contributed by atoms with Gasteiger partial charge in [-0.05, 0) is 45.2 Å². The molecule has 5 rings (SSSR count). The van der Waals surface area contributed by atoms with Crippen molar-refractivity contribution in [2.24, 2.45) is 5.92 Å². The summed E-state index contributed by atoms with van der Waals surface area (Å²) in [4.78, 5) is 26.4. The highest BCUT2D eigenvalue weighted by Crippen LogP contribution is 2.46. The third-order valence-corrected chi connectivity index (χ3v) is 7.40. The van der Waals surface area contributed by atoms with Gasteiger partial charge in [0, 0.05) is 11.1 Å². The van der Waals surface area contributed by atoms with Crippen molar-refractivity contribution in [2.75, 3.05) is 0 Å². The van der Waals surface area contributed by atoms with Crippen molar-refractivity contribution >= 4 is 33.6 Å². The minimum atomic E-state index is -5.26. The molecule has 0 radical (unpaired) electrons. The van der Waals surface area contributed by atoms with Crippen LogP contribution in [0.1, 0.15) is 19.4 Å². The minimum Gasteiger partial charge on any atom is -0.507 e. The highest BCUT2D eigenvalue weighted by molar-refractivity contribution is 6.10. The van der Waals surface area contributed by atoms with Gasteiger partial charge in [0.1, 0.15) is 18.1 Å². The monoisotopic (exact) mass is 587 g/mol. The van der Waals surface area contributed by atoms with Crippen LogP contribution in [0, 0.1) is 5.92 Å². The molecule has 9 heteroatoms. The Bertz CT molecular complexity index is 1800. The van der Waals surface area contributed by atoms with E-state index in [0.717, 1.165) is 19.2 Å². The van der Waals surface area contributed by atoms with Crippen molar-refractivity contribution < 1.29 is 37.3 Å². The van der Waals surface area contributed by atoms with E-state index in [1.165, 1.54) is 12.1 Å². The van der Waals surface area contributed by atoms with E-state index in [-0.39, 0.29) is 29.2 Å². The first-order chi connectivity index (χ1) is 20.5. The van der Waals surface area contributed by atoms with Crippen molar-refractivity contribution in [3.05, 3.63) is 109 Å². The summed E-state index contributed by atoms with van der Waals surface area (Å²) in [7, 11) is 0. The van der Waals surface area contributed by atoms with Crippen molar-refractivity contribution in [3.63, 3.8) is 0 Å². The molecule has 0 fully saturated rings. The molecule has 0 saturated carbocycles. The van der Waals surface area contributed by atoms with Gasteiger partial charge in [0.2, 0.25) is 5.54 Å². The van der Waals surface area contributed by atoms with E-state index >= 15 is 0 Å². The van der Waals surface area contributed by atoms with Crippen LogP contribution >= 0.6 is 0 Å². The van der Waals surface area contributed by atoms with Gasteiger partial charge in [0.05, 0.1) is 0 Å². The second kappa shape index (κ2) is 11.7. The third kappa shape index (κ3) is 5.58. The van der Waals surface area contributed by atoms with Gasteiger partial charge in [-0.15, -0.1) is 0 Å². The fourth-order valence-corrected chi connectivity index (χ4v) is 5.16. The van der Waals surface area contributed by atoms with Crippen LogP contribution in [0.15, 0.2) is 103 Å². The second-order valence-electron chi connectivity index (χ2n) is 10.4. The molecule has 43 heavy (non-hydrogen) atoms. The zero-order chi connectivity index (χ0) is 30.8. The van der Waals surface area contributed by atoms with Gasteiger partial charge in [-0.1, -0.05) is 105 Å². The Kier molecular flexibility index (Phi) is 8.00. The number of ether oxygens (including phenoxy) is 2. The zero-order valence-corrected chi connectivity index (χ0v) is 23.3. The number of phenolic OH excluding ortho intramolecular Hbond substituents is 1. The van der Waals surface area contributed by atoms with Gasteiger partial charge in [-0.2, -0.15) is 13.2 Å². The number of hydrogen-bond donors (Lipinski definition) is 2. The number of halogens is 3. The average molecular weight is 588 g/mol. The lowest BCUT2D eigenvalue weighted by Crippen LogP contribution is -2.68. The maximum atomic E-state index is 14.8. The first-order valence-electron chi connectivity index (χ1n) is 13.5. The molecular formula is C34H28F3NO5. The van der Waals surface area contributed by atoms with Crippen LogP contribution in [0.4, 0.5) is 18.0 Å². The Labute approximate surface area is 245 Å². The molecule has 1 atom stereocenters. The summed E-state index contributed by atoms with van der Waals surface area (Å²) in [6.07, 6.45) is -6.69. The molecule has 5 aromatic rings. The molecule has 0 heterocycles. The molecule has 1 amide bonds. The summed E-state index contributed by atoms with van der Waals surface area (Å²) >= 11 is 0. The number of aromatic hydroxyl groups is 1. The summed E-state index contributed by atoms with van der Waals surface area (Å²) in [6, 6.07) is 28.8. The van der Waals surface area contributed by atoms with E-state index in [2.05, 4.69) is 0 Å². The number of alkyl carbamates (subject to hydrolysis) is 1. The molecule has 0 saturated heterocycles. The fourth-order valence-electron chi connectivity index (χ4n) is 5.16. The number of amides is 1. The summed E-state index contributed by atoms with van der Waals surface area (Å²) in [6.45, 7) is 2.01. The molecule has 0 bridgehead atoms. The third-order valence-electron chi connectivity index (χ3n) is 7.40. The Morgan fingerprint density at radius 1 is 0.767 bits per heavy atom. The van der Waals surface area contributed by atoms with Crippen molar-refractivity contribution in [2.45, 2.75) is 32.2 Å². The largest absolute Gasteiger partial charge is 0.507 e. The molecule has 0 aliphatic rings. The molecule has 0 unspecified atom stereocenters. The molecule has 0 aliphatic carbocycles. The lowest BCUT2D eigenvalue weighted by Gasteiger charge is -2.37. The smallest absolute Gasteiger partial charge is 0.422 e. The van der Waals surface area contributed by atoms with E-state index in [9.17, 15) is 27.9 Å². The van der Waals surface area contributed by atoms with Gasteiger partial charge in [0.15, 0.2) is 0 Å². The predicted octanol–water partition coefficient (Wildman–Crippen LogP) is 8.15. The molecule has 0 aliphatic heterocycles. The van der Waals surface area contributed by atoms with Crippen LogP contribution < -0.4 is 10.1 Å². The highest BCUT2D eigenvalue weighted by Gasteiger charge is 2.65. The Morgan fingerprint density at radius 3 is 1.93 bits per heavy atom. The number of esters is 1. The average Bonchev–Trinajstić information content (AvgIpc) is 2.99. The minimum absolute atomic E-state index is 0.152. The maximum Gasteiger partial charge on any atom is 0.422 e. The molecule has 6 nitrogen and oxygen atoms in total. The van der Waals surface area contributed by atoms with Gasteiger partial charge in [0.25, 0.3) is 0 Å². The summed E-state index contributed by atoms with van der Waals surface area (Å²) in [5.74, 6) is -3.60.